The third-order valence-corrected chi connectivity index (χ3v) is 3.96. The van der Waals surface area contributed by atoms with Crippen molar-refractivity contribution < 1.29 is 4.92 Å². The van der Waals surface area contributed by atoms with Crippen LogP contribution in [-0.4, -0.2) is 31.2 Å². The number of anilines is 1. The largest absolute Gasteiger partial charge is 0.339 e. The Kier molecular flexibility index (Phi) is 3.51. The average Bonchev–Trinajstić information content (AvgIpc) is 2.92. The first-order chi connectivity index (χ1) is 10.5. The molecule has 0 bridgehead atoms. The second-order valence-corrected chi connectivity index (χ2v) is 5.70. The Balaban J connectivity index is 2.00. The van der Waals surface area contributed by atoms with E-state index in [0.717, 1.165) is 11.6 Å². The molecule has 1 aliphatic heterocycles. The Morgan fingerprint density at radius 1 is 1.36 bits per heavy atom. The molecule has 3 heterocycles. The molecule has 2 aromatic heterocycles. The zero-order chi connectivity index (χ0) is 15.9. The van der Waals surface area contributed by atoms with Crippen molar-refractivity contribution in [3.05, 3.63) is 40.1 Å². The summed E-state index contributed by atoms with van der Waals surface area (Å²) in [6.45, 7) is 7.48. The number of rotatable bonds is 3. The van der Waals surface area contributed by atoms with Crippen LogP contribution in [0.25, 0.3) is 0 Å². The van der Waals surface area contributed by atoms with Crippen molar-refractivity contribution in [3.8, 4) is 0 Å². The van der Waals surface area contributed by atoms with E-state index in [2.05, 4.69) is 33.6 Å². The summed E-state index contributed by atoms with van der Waals surface area (Å²) in [5.41, 5.74) is 0.0198. The summed E-state index contributed by atoms with van der Waals surface area (Å²) in [7, 11) is 0. The maximum absolute atomic E-state index is 11.2. The van der Waals surface area contributed by atoms with Gasteiger partial charge < -0.3 is 9.47 Å². The van der Waals surface area contributed by atoms with Crippen molar-refractivity contribution in [2.75, 3.05) is 11.4 Å². The Morgan fingerprint density at radius 2 is 2.14 bits per heavy atom. The number of hydrogen-bond donors (Lipinski definition) is 0. The molecule has 0 spiro atoms. The smallest absolute Gasteiger partial charge is 0.311 e. The van der Waals surface area contributed by atoms with Crippen LogP contribution in [0.15, 0.2) is 18.3 Å². The Morgan fingerprint density at radius 3 is 2.82 bits per heavy atom. The minimum atomic E-state index is -0.395. The molecule has 8 nitrogen and oxygen atoms in total. The third-order valence-electron chi connectivity index (χ3n) is 3.96. The van der Waals surface area contributed by atoms with E-state index < -0.39 is 4.92 Å². The summed E-state index contributed by atoms with van der Waals surface area (Å²) >= 11 is 0. The van der Waals surface area contributed by atoms with Crippen LogP contribution in [0.2, 0.25) is 0 Å². The minimum absolute atomic E-state index is 0.0198. The van der Waals surface area contributed by atoms with Crippen molar-refractivity contribution in [3.63, 3.8) is 0 Å². The summed E-state index contributed by atoms with van der Waals surface area (Å²) < 4.78 is 2.11. The van der Waals surface area contributed by atoms with E-state index in [4.69, 9.17) is 0 Å². The Bertz CT molecular complexity index is 711. The maximum Gasteiger partial charge on any atom is 0.311 e. The molecule has 3 rings (SSSR count). The lowest BCUT2D eigenvalue weighted by atomic mass is 10.1. The number of pyridine rings is 1. The topological polar surface area (TPSA) is 90.0 Å². The lowest BCUT2D eigenvalue weighted by Crippen LogP contribution is -2.38. The van der Waals surface area contributed by atoms with Gasteiger partial charge in [0.1, 0.15) is 5.82 Å². The van der Waals surface area contributed by atoms with Crippen molar-refractivity contribution in [1.82, 2.24) is 19.7 Å². The molecular weight excluding hydrogens is 284 g/mol. The summed E-state index contributed by atoms with van der Waals surface area (Å²) in [5.74, 6) is 2.47. The summed E-state index contributed by atoms with van der Waals surface area (Å²) in [6, 6.07) is 2.95. The predicted molar refractivity (Wildman–Crippen MR) is 80.8 cm³/mol. The maximum atomic E-state index is 11.2. The standard InChI is InChI=1S/C14H18N6O2/c1-9(2)12-16-17-13-10(3)18(7-8-19(12)13)14-11(20(21)22)5-4-6-15-14/h4-6,9-10H,7-8H2,1-3H3. The molecule has 0 saturated carbocycles. The molecule has 1 aliphatic rings. The van der Waals surface area contributed by atoms with Gasteiger partial charge in [0.15, 0.2) is 5.82 Å². The third kappa shape index (κ3) is 2.20. The monoisotopic (exact) mass is 302 g/mol. The normalized spacial score (nSPS) is 17.6. The highest BCUT2D eigenvalue weighted by molar-refractivity contribution is 5.58. The van der Waals surface area contributed by atoms with Crippen LogP contribution in [0, 0.1) is 10.1 Å². The second kappa shape index (κ2) is 5.36. The molecule has 1 atom stereocenters. The zero-order valence-electron chi connectivity index (χ0n) is 12.8. The van der Waals surface area contributed by atoms with E-state index in [1.807, 2.05) is 11.8 Å². The van der Waals surface area contributed by atoms with Gasteiger partial charge in [-0.2, -0.15) is 0 Å². The molecule has 0 aliphatic carbocycles. The fraction of sp³-hybridized carbons (Fsp3) is 0.500. The molecule has 8 heteroatoms. The molecule has 0 saturated heterocycles. The van der Waals surface area contributed by atoms with Crippen LogP contribution < -0.4 is 4.90 Å². The van der Waals surface area contributed by atoms with Crippen LogP contribution in [0.1, 0.15) is 44.4 Å². The van der Waals surface area contributed by atoms with Gasteiger partial charge in [0.25, 0.3) is 0 Å². The van der Waals surface area contributed by atoms with E-state index in [0.29, 0.717) is 24.8 Å². The van der Waals surface area contributed by atoms with Gasteiger partial charge in [-0.15, -0.1) is 10.2 Å². The molecular formula is C14H18N6O2. The highest BCUT2D eigenvalue weighted by atomic mass is 16.6. The lowest BCUT2D eigenvalue weighted by Gasteiger charge is -2.34. The van der Waals surface area contributed by atoms with Gasteiger partial charge in [0, 0.05) is 31.3 Å². The quantitative estimate of drug-likeness (QED) is 0.638. The van der Waals surface area contributed by atoms with Crippen LogP contribution in [-0.2, 0) is 6.54 Å². The molecule has 0 N–H and O–H groups in total. The number of aromatic nitrogens is 4. The van der Waals surface area contributed by atoms with Gasteiger partial charge >= 0.3 is 5.69 Å². The van der Waals surface area contributed by atoms with Crippen molar-refractivity contribution in [2.24, 2.45) is 0 Å². The van der Waals surface area contributed by atoms with Gasteiger partial charge in [-0.25, -0.2) is 4.98 Å². The molecule has 0 fully saturated rings. The van der Waals surface area contributed by atoms with Crippen LogP contribution in [0.5, 0.6) is 0 Å². The van der Waals surface area contributed by atoms with Crippen molar-refractivity contribution >= 4 is 11.5 Å². The lowest BCUT2D eigenvalue weighted by molar-refractivity contribution is -0.384. The molecule has 0 aromatic carbocycles. The van der Waals surface area contributed by atoms with Gasteiger partial charge in [-0.3, -0.25) is 10.1 Å². The van der Waals surface area contributed by atoms with Crippen molar-refractivity contribution in [2.45, 2.75) is 39.3 Å². The van der Waals surface area contributed by atoms with E-state index in [1.54, 1.807) is 12.3 Å². The summed E-state index contributed by atoms with van der Waals surface area (Å²) in [6.07, 6.45) is 1.58. The summed E-state index contributed by atoms with van der Waals surface area (Å²) in [4.78, 5) is 17.0. The van der Waals surface area contributed by atoms with Crippen LogP contribution in [0.3, 0.4) is 0 Å². The van der Waals surface area contributed by atoms with Crippen molar-refractivity contribution in [1.29, 1.82) is 0 Å². The number of nitrogens with zero attached hydrogens (tertiary/aromatic N) is 6. The van der Waals surface area contributed by atoms with Crippen LogP contribution in [0.4, 0.5) is 11.5 Å². The number of nitro groups is 1. The van der Waals surface area contributed by atoms with E-state index in [1.165, 1.54) is 6.07 Å². The fourth-order valence-corrected chi connectivity index (χ4v) is 2.88. The van der Waals surface area contributed by atoms with Gasteiger partial charge in [-0.1, -0.05) is 13.8 Å². The Hall–Kier alpha value is -2.51. The fourth-order valence-electron chi connectivity index (χ4n) is 2.88. The van der Waals surface area contributed by atoms with E-state index in [-0.39, 0.29) is 11.7 Å². The summed E-state index contributed by atoms with van der Waals surface area (Å²) in [5, 5.41) is 19.8. The first kappa shape index (κ1) is 14.4. The predicted octanol–water partition coefficient (Wildman–Crippen LogP) is 2.29. The highest BCUT2D eigenvalue weighted by Crippen LogP contribution is 2.34. The number of hydrogen-bond acceptors (Lipinski definition) is 6. The average molecular weight is 302 g/mol. The van der Waals surface area contributed by atoms with Gasteiger partial charge in [0.2, 0.25) is 5.82 Å². The molecule has 2 aromatic rings. The first-order valence-electron chi connectivity index (χ1n) is 7.29. The number of fused-ring (bicyclic) bond motifs is 1. The van der Waals surface area contributed by atoms with Gasteiger partial charge in [-0.05, 0) is 13.0 Å². The molecule has 0 amide bonds. The van der Waals surface area contributed by atoms with Gasteiger partial charge in [0.05, 0.1) is 11.0 Å². The molecule has 1 unspecified atom stereocenters. The minimum Gasteiger partial charge on any atom is -0.339 e. The van der Waals surface area contributed by atoms with E-state index >= 15 is 0 Å². The molecule has 0 radical (unpaired) electrons. The van der Waals surface area contributed by atoms with E-state index in [9.17, 15) is 10.1 Å². The molecule has 22 heavy (non-hydrogen) atoms. The second-order valence-electron chi connectivity index (χ2n) is 5.70. The SMILES string of the molecule is CC(C)c1nnc2n1CCN(c1ncccc1[N+](=O)[O-])C2C. The zero-order valence-corrected chi connectivity index (χ0v) is 12.8. The van der Waals surface area contributed by atoms with Crippen LogP contribution >= 0.6 is 0 Å². The molecule has 116 valence electrons. The first-order valence-corrected chi connectivity index (χ1v) is 7.29. The Labute approximate surface area is 127 Å². The highest BCUT2D eigenvalue weighted by Gasteiger charge is 2.32.